The topological polar surface area (TPSA) is 76.1 Å². The first-order chi connectivity index (χ1) is 10.8. The van der Waals surface area contributed by atoms with Gasteiger partial charge in [0.25, 0.3) is 0 Å². The molecule has 0 unspecified atom stereocenters. The van der Waals surface area contributed by atoms with Crippen LogP contribution in [0.15, 0.2) is 49.1 Å². The molecule has 0 radical (unpaired) electrons. The van der Waals surface area contributed by atoms with Crippen molar-refractivity contribution in [1.29, 1.82) is 0 Å². The third kappa shape index (κ3) is 3.94. The Morgan fingerprint density at radius 3 is 2.59 bits per heavy atom. The maximum atomic E-state index is 11.7. The highest BCUT2D eigenvalue weighted by Gasteiger charge is 2.30. The minimum Gasteiger partial charge on any atom is -0.445 e. The lowest BCUT2D eigenvalue weighted by Crippen LogP contribution is -2.49. The van der Waals surface area contributed by atoms with Crippen LogP contribution in [-0.4, -0.2) is 28.1 Å². The Bertz CT molecular complexity index is 600. The number of ether oxygens (including phenoxy) is 1. The quantitative estimate of drug-likeness (QED) is 0.886. The summed E-state index contributed by atoms with van der Waals surface area (Å²) in [4.78, 5) is 19.6. The number of nitrogens with one attached hydrogen (secondary N) is 2. The van der Waals surface area contributed by atoms with Gasteiger partial charge in [-0.3, -0.25) is 0 Å². The van der Waals surface area contributed by atoms with Gasteiger partial charge in [-0.25, -0.2) is 14.8 Å². The second-order valence-electron chi connectivity index (χ2n) is 5.34. The van der Waals surface area contributed by atoms with Crippen LogP contribution in [0.25, 0.3) is 0 Å². The summed E-state index contributed by atoms with van der Waals surface area (Å²) in [5.74, 6) is 0. The summed E-state index contributed by atoms with van der Waals surface area (Å²) in [6.45, 7) is 0.294. The molecule has 1 amide bonds. The molecule has 2 N–H and O–H groups in total. The number of hydrogen-bond donors (Lipinski definition) is 2. The molecular weight excluding hydrogens is 280 g/mol. The van der Waals surface area contributed by atoms with Crippen LogP contribution < -0.4 is 10.6 Å². The van der Waals surface area contributed by atoms with Crippen LogP contribution in [0.2, 0.25) is 0 Å². The SMILES string of the molecule is O=C(NC1CC(Nc2cncnc2)C1)OCc1ccccc1. The van der Waals surface area contributed by atoms with Gasteiger partial charge in [-0.15, -0.1) is 0 Å². The van der Waals surface area contributed by atoms with Gasteiger partial charge in [-0.2, -0.15) is 0 Å². The summed E-state index contributed by atoms with van der Waals surface area (Å²) in [6, 6.07) is 10.1. The molecule has 0 spiro atoms. The predicted molar refractivity (Wildman–Crippen MR) is 82.2 cm³/mol. The van der Waals surface area contributed by atoms with Gasteiger partial charge < -0.3 is 15.4 Å². The van der Waals surface area contributed by atoms with Crippen LogP contribution in [0.5, 0.6) is 0 Å². The van der Waals surface area contributed by atoms with E-state index in [0.717, 1.165) is 24.1 Å². The normalized spacial score (nSPS) is 19.8. The zero-order valence-electron chi connectivity index (χ0n) is 12.1. The lowest BCUT2D eigenvalue weighted by molar-refractivity contribution is 0.129. The molecule has 0 atom stereocenters. The minimum atomic E-state index is -0.365. The van der Waals surface area contributed by atoms with Gasteiger partial charge >= 0.3 is 6.09 Å². The molecule has 3 rings (SSSR count). The van der Waals surface area contributed by atoms with Gasteiger partial charge in [0.2, 0.25) is 0 Å². The van der Waals surface area contributed by atoms with Gasteiger partial charge in [-0.1, -0.05) is 30.3 Å². The van der Waals surface area contributed by atoms with E-state index < -0.39 is 0 Å². The number of alkyl carbamates (subject to hydrolysis) is 1. The van der Waals surface area contributed by atoms with Gasteiger partial charge in [0.15, 0.2) is 0 Å². The van der Waals surface area contributed by atoms with Crippen molar-refractivity contribution in [2.45, 2.75) is 31.5 Å². The Hall–Kier alpha value is -2.63. The van der Waals surface area contributed by atoms with Crippen LogP contribution in [0.3, 0.4) is 0 Å². The molecule has 1 fully saturated rings. The molecule has 1 aliphatic rings. The number of rotatable bonds is 5. The molecule has 1 saturated carbocycles. The number of nitrogens with zero attached hydrogens (tertiary/aromatic N) is 2. The Labute approximate surface area is 128 Å². The molecule has 6 heteroatoms. The standard InChI is InChI=1S/C16H18N4O2/c21-16(22-10-12-4-2-1-3-5-12)20-14-6-13(7-14)19-15-8-17-11-18-9-15/h1-5,8-9,11,13-14,19H,6-7,10H2,(H,20,21). The summed E-state index contributed by atoms with van der Waals surface area (Å²) in [5.41, 5.74) is 1.88. The van der Waals surface area contributed by atoms with Crippen molar-refractivity contribution in [3.8, 4) is 0 Å². The highest BCUT2D eigenvalue weighted by atomic mass is 16.5. The summed E-state index contributed by atoms with van der Waals surface area (Å²) >= 11 is 0. The molecule has 1 aromatic heterocycles. The van der Waals surface area contributed by atoms with Gasteiger partial charge in [0.1, 0.15) is 12.9 Å². The Kier molecular flexibility index (Phi) is 4.48. The van der Waals surface area contributed by atoms with Crippen molar-refractivity contribution < 1.29 is 9.53 Å². The molecule has 1 heterocycles. The van der Waals surface area contributed by atoms with Crippen molar-refractivity contribution >= 4 is 11.8 Å². The molecule has 2 aromatic rings. The fourth-order valence-corrected chi connectivity index (χ4v) is 2.39. The average Bonchev–Trinajstić information content (AvgIpc) is 2.53. The predicted octanol–water partition coefficient (Wildman–Crippen LogP) is 2.35. The number of carbonyl (C=O) groups excluding carboxylic acids is 1. The van der Waals surface area contributed by atoms with E-state index in [9.17, 15) is 4.79 Å². The third-order valence-corrected chi connectivity index (χ3v) is 3.60. The number of hydrogen-bond acceptors (Lipinski definition) is 5. The molecule has 6 nitrogen and oxygen atoms in total. The Morgan fingerprint density at radius 1 is 1.14 bits per heavy atom. The van der Waals surface area contributed by atoms with E-state index >= 15 is 0 Å². The van der Waals surface area contributed by atoms with Crippen molar-refractivity contribution in [3.05, 3.63) is 54.6 Å². The molecular formula is C16H18N4O2. The summed E-state index contributed by atoms with van der Waals surface area (Å²) in [6.07, 6.45) is 6.35. The number of amides is 1. The fraction of sp³-hybridized carbons (Fsp3) is 0.312. The molecule has 0 saturated heterocycles. The van der Waals surface area contributed by atoms with Crippen LogP contribution in [0.1, 0.15) is 18.4 Å². The van der Waals surface area contributed by atoms with E-state index in [-0.39, 0.29) is 12.1 Å². The summed E-state index contributed by atoms with van der Waals surface area (Å²) in [5, 5.41) is 6.19. The monoisotopic (exact) mass is 298 g/mol. The molecule has 0 aliphatic heterocycles. The van der Waals surface area contributed by atoms with Crippen LogP contribution in [0, 0.1) is 0 Å². The number of benzene rings is 1. The maximum absolute atomic E-state index is 11.7. The lowest BCUT2D eigenvalue weighted by Gasteiger charge is -2.36. The first-order valence-electron chi connectivity index (χ1n) is 7.28. The van der Waals surface area contributed by atoms with Crippen molar-refractivity contribution in [3.63, 3.8) is 0 Å². The highest BCUT2D eigenvalue weighted by Crippen LogP contribution is 2.23. The highest BCUT2D eigenvalue weighted by molar-refractivity contribution is 5.67. The Morgan fingerprint density at radius 2 is 1.86 bits per heavy atom. The third-order valence-electron chi connectivity index (χ3n) is 3.60. The van der Waals surface area contributed by atoms with Crippen molar-refractivity contribution in [2.75, 3.05) is 5.32 Å². The molecule has 0 bridgehead atoms. The fourth-order valence-electron chi connectivity index (χ4n) is 2.39. The van der Waals surface area contributed by atoms with Crippen molar-refractivity contribution in [1.82, 2.24) is 15.3 Å². The van der Waals surface area contributed by atoms with Crippen LogP contribution >= 0.6 is 0 Å². The number of carbonyl (C=O) groups is 1. The maximum Gasteiger partial charge on any atom is 0.407 e. The largest absolute Gasteiger partial charge is 0.445 e. The first-order valence-corrected chi connectivity index (χ1v) is 7.28. The zero-order valence-corrected chi connectivity index (χ0v) is 12.1. The summed E-state index contributed by atoms with van der Waals surface area (Å²) < 4.78 is 5.20. The van der Waals surface area contributed by atoms with E-state index in [1.54, 1.807) is 12.4 Å². The van der Waals surface area contributed by atoms with Crippen LogP contribution in [-0.2, 0) is 11.3 Å². The molecule has 114 valence electrons. The van der Waals surface area contributed by atoms with Gasteiger partial charge in [0, 0.05) is 12.1 Å². The van der Waals surface area contributed by atoms with E-state index in [2.05, 4.69) is 20.6 Å². The molecule has 22 heavy (non-hydrogen) atoms. The number of aromatic nitrogens is 2. The zero-order chi connectivity index (χ0) is 15.2. The minimum absolute atomic E-state index is 0.158. The Balaban J connectivity index is 1.34. The second kappa shape index (κ2) is 6.89. The number of anilines is 1. The van der Waals surface area contributed by atoms with Crippen molar-refractivity contribution in [2.24, 2.45) is 0 Å². The van der Waals surface area contributed by atoms with E-state index in [1.807, 2.05) is 30.3 Å². The molecule has 1 aromatic carbocycles. The van der Waals surface area contributed by atoms with Gasteiger partial charge in [0.05, 0.1) is 18.1 Å². The van der Waals surface area contributed by atoms with E-state index in [0.29, 0.717) is 12.6 Å². The van der Waals surface area contributed by atoms with E-state index in [1.165, 1.54) is 6.33 Å². The lowest BCUT2D eigenvalue weighted by atomic mass is 9.87. The second-order valence-corrected chi connectivity index (χ2v) is 5.34. The smallest absolute Gasteiger partial charge is 0.407 e. The van der Waals surface area contributed by atoms with Gasteiger partial charge in [-0.05, 0) is 18.4 Å². The van der Waals surface area contributed by atoms with E-state index in [4.69, 9.17) is 4.74 Å². The average molecular weight is 298 g/mol. The van der Waals surface area contributed by atoms with Crippen LogP contribution in [0.4, 0.5) is 10.5 Å². The summed E-state index contributed by atoms with van der Waals surface area (Å²) in [7, 11) is 0. The molecule has 1 aliphatic carbocycles. The first kappa shape index (κ1) is 14.3.